The Bertz CT molecular complexity index is 1330. The fraction of sp³-hybridized carbons (Fsp3) is 0.292. The highest BCUT2D eigenvalue weighted by Gasteiger charge is 2.28. The lowest BCUT2D eigenvalue weighted by Crippen LogP contribution is -2.35. The van der Waals surface area contributed by atoms with Crippen molar-refractivity contribution in [3.05, 3.63) is 64.4 Å². The molecule has 0 aromatic heterocycles. The molecule has 0 saturated carbocycles. The van der Waals surface area contributed by atoms with Gasteiger partial charge in [0.15, 0.2) is 0 Å². The number of fused-ring (bicyclic) bond motifs is 1. The van der Waals surface area contributed by atoms with E-state index in [2.05, 4.69) is 15.6 Å². The molecule has 1 aliphatic heterocycles. The van der Waals surface area contributed by atoms with Gasteiger partial charge in [0.05, 0.1) is 22.9 Å². The van der Waals surface area contributed by atoms with Gasteiger partial charge < -0.3 is 15.4 Å². The summed E-state index contributed by atoms with van der Waals surface area (Å²) in [6.45, 7) is 6.94. The van der Waals surface area contributed by atoms with Gasteiger partial charge in [-0.2, -0.15) is 0 Å². The minimum absolute atomic E-state index is 0.00800. The van der Waals surface area contributed by atoms with Crippen LogP contribution in [0.1, 0.15) is 35.3 Å². The zero-order valence-corrected chi connectivity index (χ0v) is 20.8. The van der Waals surface area contributed by atoms with Crippen molar-refractivity contribution in [2.45, 2.75) is 32.6 Å². The molecule has 0 radical (unpaired) electrons. The molecular weight excluding hydrogens is 456 g/mol. The van der Waals surface area contributed by atoms with Crippen molar-refractivity contribution in [3.8, 4) is 0 Å². The number of rotatable bonds is 5. The highest BCUT2D eigenvalue weighted by Crippen LogP contribution is 2.30. The van der Waals surface area contributed by atoms with Gasteiger partial charge >= 0.3 is 5.97 Å². The Morgan fingerprint density at radius 2 is 1.79 bits per heavy atom. The second-order valence-electron chi connectivity index (χ2n) is 7.98. The molecular formula is C24H28N4O5S. The second-order valence-corrected chi connectivity index (χ2v) is 10.1. The first-order valence-corrected chi connectivity index (χ1v) is 12.1. The lowest BCUT2D eigenvalue weighted by atomic mass is 10.1. The SMILES string of the molecule is CCOC(=O)C1=C(C)Nc2ccccc2N=C1NC(=O)c1cc(C)c(C)c(S(=O)(=O)N(C)C)c1. The van der Waals surface area contributed by atoms with Crippen molar-refractivity contribution < 1.29 is 22.7 Å². The van der Waals surface area contributed by atoms with E-state index in [9.17, 15) is 18.0 Å². The van der Waals surface area contributed by atoms with Crippen LogP contribution in [0, 0.1) is 13.8 Å². The predicted octanol–water partition coefficient (Wildman–Crippen LogP) is 3.28. The predicted molar refractivity (Wildman–Crippen MR) is 131 cm³/mol. The van der Waals surface area contributed by atoms with Gasteiger partial charge in [0.2, 0.25) is 10.0 Å². The minimum atomic E-state index is -3.78. The number of ether oxygens (including phenoxy) is 1. The molecule has 1 heterocycles. The third-order valence-corrected chi connectivity index (χ3v) is 7.36. The first kappa shape index (κ1) is 25.1. The van der Waals surface area contributed by atoms with Gasteiger partial charge in [-0.25, -0.2) is 22.5 Å². The summed E-state index contributed by atoms with van der Waals surface area (Å²) in [5, 5.41) is 5.84. The van der Waals surface area contributed by atoms with Gasteiger partial charge in [-0.15, -0.1) is 0 Å². The van der Waals surface area contributed by atoms with E-state index >= 15 is 0 Å². The molecule has 1 amide bonds. The van der Waals surface area contributed by atoms with E-state index in [1.807, 2.05) is 6.07 Å². The molecule has 0 saturated heterocycles. The number of allylic oxidation sites excluding steroid dienone is 1. The van der Waals surface area contributed by atoms with Crippen LogP contribution >= 0.6 is 0 Å². The van der Waals surface area contributed by atoms with E-state index in [1.165, 1.54) is 20.2 Å². The summed E-state index contributed by atoms with van der Waals surface area (Å²) in [6, 6.07) is 10.1. The zero-order chi connectivity index (χ0) is 25.2. The van der Waals surface area contributed by atoms with E-state index in [0.29, 0.717) is 28.2 Å². The molecule has 0 fully saturated rings. The van der Waals surface area contributed by atoms with E-state index in [0.717, 1.165) is 4.31 Å². The fourth-order valence-electron chi connectivity index (χ4n) is 3.44. The maximum absolute atomic E-state index is 13.3. The lowest BCUT2D eigenvalue weighted by Gasteiger charge is -2.17. The van der Waals surface area contributed by atoms with Crippen LogP contribution in [0.15, 0.2) is 57.6 Å². The first-order valence-electron chi connectivity index (χ1n) is 10.7. The summed E-state index contributed by atoms with van der Waals surface area (Å²) < 4.78 is 31.9. The van der Waals surface area contributed by atoms with Crippen LogP contribution in [-0.2, 0) is 19.6 Å². The van der Waals surface area contributed by atoms with Crippen LogP contribution in [0.3, 0.4) is 0 Å². The van der Waals surface area contributed by atoms with Gasteiger partial charge in [-0.3, -0.25) is 4.79 Å². The molecule has 2 aromatic rings. The Kier molecular flexibility index (Phi) is 7.23. The Balaban J connectivity index is 2.10. The number of para-hydroxylation sites is 2. The van der Waals surface area contributed by atoms with Crippen molar-refractivity contribution in [2.24, 2.45) is 4.99 Å². The first-order chi connectivity index (χ1) is 16.0. The number of anilines is 1. The normalized spacial score (nSPS) is 13.6. The average molecular weight is 485 g/mol. The summed E-state index contributed by atoms with van der Waals surface area (Å²) in [5.74, 6) is -1.24. The number of carbonyl (C=O) groups excluding carboxylic acids is 2. The molecule has 0 spiro atoms. The smallest absolute Gasteiger partial charge is 0.343 e. The fourth-order valence-corrected chi connectivity index (χ4v) is 4.66. The number of hydrogen-bond donors (Lipinski definition) is 2. The number of carbonyl (C=O) groups is 2. The number of hydrogen-bond acceptors (Lipinski definition) is 7. The second kappa shape index (κ2) is 9.78. The molecule has 0 bridgehead atoms. The number of amides is 1. The summed E-state index contributed by atoms with van der Waals surface area (Å²) >= 11 is 0. The van der Waals surface area contributed by atoms with Crippen molar-refractivity contribution in [3.63, 3.8) is 0 Å². The molecule has 2 aromatic carbocycles. The number of amidine groups is 1. The molecule has 10 heteroatoms. The molecule has 3 rings (SSSR count). The number of sulfonamides is 1. The van der Waals surface area contributed by atoms with Crippen molar-refractivity contribution in [1.82, 2.24) is 9.62 Å². The Hall–Kier alpha value is -3.50. The maximum atomic E-state index is 13.3. The van der Waals surface area contributed by atoms with E-state index < -0.39 is 21.9 Å². The topological polar surface area (TPSA) is 117 Å². The summed E-state index contributed by atoms with van der Waals surface area (Å²) in [5.41, 5.74) is 3.04. The standard InChI is InChI=1S/C24H28N4O5S/c1-7-33-24(30)21-16(4)25-18-10-8-9-11-19(18)26-22(21)27-23(29)17-12-14(2)15(3)20(13-17)34(31,32)28(5)6/h8-13,25H,7H2,1-6H3,(H,26,27,29). The van der Waals surface area contributed by atoms with Gasteiger partial charge in [-0.1, -0.05) is 12.1 Å². The zero-order valence-electron chi connectivity index (χ0n) is 20.0. The summed E-state index contributed by atoms with van der Waals surface area (Å²) in [4.78, 5) is 30.6. The lowest BCUT2D eigenvalue weighted by molar-refractivity contribution is -0.137. The van der Waals surface area contributed by atoms with Crippen molar-refractivity contribution in [1.29, 1.82) is 0 Å². The number of nitrogens with zero attached hydrogens (tertiary/aromatic N) is 2. The molecule has 180 valence electrons. The highest BCUT2D eigenvalue weighted by atomic mass is 32.2. The molecule has 0 unspecified atom stereocenters. The van der Waals surface area contributed by atoms with E-state index in [4.69, 9.17) is 4.74 Å². The summed E-state index contributed by atoms with van der Waals surface area (Å²) in [6.07, 6.45) is 0. The van der Waals surface area contributed by atoms with Crippen LogP contribution in [0.4, 0.5) is 11.4 Å². The molecule has 0 aliphatic carbocycles. The molecule has 0 atom stereocenters. The third kappa shape index (κ3) is 4.87. The number of aryl methyl sites for hydroxylation is 1. The Morgan fingerprint density at radius 3 is 2.44 bits per heavy atom. The maximum Gasteiger partial charge on any atom is 0.343 e. The van der Waals surface area contributed by atoms with Crippen molar-refractivity contribution in [2.75, 3.05) is 26.0 Å². The largest absolute Gasteiger partial charge is 0.462 e. The van der Waals surface area contributed by atoms with Crippen molar-refractivity contribution >= 4 is 39.1 Å². The molecule has 1 aliphatic rings. The molecule has 2 N–H and O–H groups in total. The minimum Gasteiger partial charge on any atom is -0.462 e. The monoisotopic (exact) mass is 484 g/mol. The number of benzene rings is 2. The quantitative estimate of drug-likeness (QED) is 0.629. The highest BCUT2D eigenvalue weighted by molar-refractivity contribution is 7.89. The third-order valence-electron chi connectivity index (χ3n) is 5.42. The average Bonchev–Trinajstić information content (AvgIpc) is 2.90. The molecule has 34 heavy (non-hydrogen) atoms. The number of esters is 1. The van der Waals surface area contributed by atoms with Gasteiger partial charge in [0, 0.05) is 25.4 Å². The van der Waals surface area contributed by atoms with Crippen LogP contribution in [-0.4, -0.2) is 51.1 Å². The van der Waals surface area contributed by atoms with Gasteiger partial charge in [-0.05, 0) is 63.1 Å². The number of nitrogens with one attached hydrogen (secondary N) is 2. The van der Waals surface area contributed by atoms with Crippen LogP contribution in [0.5, 0.6) is 0 Å². The molecule has 9 nitrogen and oxygen atoms in total. The Morgan fingerprint density at radius 1 is 1.12 bits per heavy atom. The van der Waals surface area contributed by atoms with Gasteiger partial charge in [0.25, 0.3) is 5.91 Å². The summed E-state index contributed by atoms with van der Waals surface area (Å²) in [7, 11) is -0.913. The van der Waals surface area contributed by atoms with E-state index in [-0.39, 0.29) is 28.5 Å². The van der Waals surface area contributed by atoms with Crippen LogP contribution in [0.2, 0.25) is 0 Å². The van der Waals surface area contributed by atoms with Gasteiger partial charge in [0.1, 0.15) is 11.4 Å². The van der Waals surface area contributed by atoms with Crippen LogP contribution < -0.4 is 10.6 Å². The number of aliphatic imine (C=N–C) groups is 1. The van der Waals surface area contributed by atoms with E-state index in [1.54, 1.807) is 52.0 Å². The Labute approximate surface area is 199 Å². The van der Waals surface area contributed by atoms with Crippen LogP contribution in [0.25, 0.3) is 0 Å².